The van der Waals surface area contributed by atoms with Gasteiger partial charge in [0.25, 0.3) is 0 Å². The fraction of sp³-hybridized carbons (Fsp3) is 0.800. The maximum atomic E-state index is 4.39. The van der Waals surface area contributed by atoms with E-state index >= 15 is 0 Å². The Kier molecular flexibility index (Phi) is 3.99. The summed E-state index contributed by atoms with van der Waals surface area (Å²) in [7, 11) is 0. The number of aromatic nitrogens is 2. The van der Waals surface area contributed by atoms with E-state index < -0.39 is 0 Å². The van der Waals surface area contributed by atoms with Crippen LogP contribution in [0.3, 0.4) is 0 Å². The summed E-state index contributed by atoms with van der Waals surface area (Å²) in [5.41, 5.74) is 1.50. The van der Waals surface area contributed by atoms with E-state index in [4.69, 9.17) is 0 Å². The highest BCUT2D eigenvalue weighted by atomic mass is 15.0. The monoisotopic (exact) mass is 247 g/mol. The molecule has 0 amide bonds. The van der Waals surface area contributed by atoms with Crippen molar-refractivity contribution in [3.8, 4) is 0 Å². The molecule has 1 aromatic heterocycles. The SMILES string of the molecule is c1ncn(CCC2CCNC2)c1C1CCCCC1. The highest BCUT2D eigenvalue weighted by Gasteiger charge is 2.20. The van der Waals surface area contributed by atoms with Crippen molar-refractivity contribution in [1.82, 2.24) is 14.9 Å². The van der Waals surface area contributed by atoms with Crippen molar-refractivity contribution >= 4 is 0 Å². The second kappa shape index (κ2) is 5.87. The molecule has 1 saturated carbocycles. The van der Waals surface area contributed by atoms with Gasteiger partial charge >= 0.3 is 0 Å². The summed E-state index contributed by atoms with van der Waals surface area (Å²) in [4.78, 5) is 4.39. The van der Waals surface area contributed by atoms with Crippen LogP contribution < -0.4 is 5.32 Å². The predicted molar refractivity (Wildman–Crippen MR) is 73.6 cm³/mol. The minimum Gasteiger partial charge on any atom is -0.334 e. The summed E-state index contributed by atoms with van der Waals surface area (Å²) in [6, 6.07) is 0. The number of aryl methyl sites for hydroxylation is 1. The molecular formula is C15H25N3. The van der Waals surface area contributed by atoms with Crippen LogP contribution in [-0.2, 0) is 6.54 Å². The summed E-state index contributed by atoms with van der Waals surface area (Å²) in [5, 5.41) is 3.46. The van der Waals surface area contributed by atoms with Crippen molar-refractivity contribution in [2.24, 2.45) is 5.92 Å². The summed E-state index contributed by atoms with van der Waals surface area (Å²) in [5.74, 6) is 1.66. The number of nitrogens with one attached hydrogen (secondary N) is 1. The zero-order valence-electron chi connectivity index (χ0n) is 11.3. The molecule has 1 saturated heterocycles. The summed E-state index contributed by atoms with van der Waals surface area (Å²) >= 11 is 0. The molecule has 3 nitrogen and oxygen atoms in total. The van der Waals surface area contributed by atoms with Crippen molar-refractivity contribution in [2.75, 3.05) is 13.1 Å². The lowest BCUT2D eigenvalue weighted by Gasteiger charge is -2.23. The molecule has 0 bridgehead atoms. The second-order valence-electron chi connectivity index (χ2n) is 5.99. The van der Waals surface area contributed by atoms with E-state index in [1.165, 1.54) is 63.7 Å². The molecule has 1 atom stereocenters. The first-order valence-electron chi connectivity index (χ1n) is 7.64. The zero-order valence-corrected chi connectivity index (χ0v) is 11.3. The van der Waals surface area contributed by atoms with Gasteiger partial charge < -0.3 is 9.88 Å². The molecule has 1 aromatic rings. The molecule has 2 heterocycles. The highest BCUT2D eigenvalue weighted by molar-refractivity contribution is 5.07. The molecule has 100 valence electrons. The van der Waals surface area contributed by atoms with Crippen molar-refractivity contribution in [3.05, 3.63) is 18.2 Å². The first-order chi connectivity index (χ1) is 8.93. The molecule has 2 aliphatic rings. The van der Waals surface area contributed by atoms with Crippen LogP contribution in [0.4, 0.5) is 0 Å². The molecule has 0 radical (unpaired) electrons. The number of imidazole rings is 1. The standard InChI is InChI=1S/C15H25N3/c1-2-4-14(5-3-1)15-11-17-12-18(15)9-7-13-6-8-16-10-13/h11-14,16H,1-10H2. The quantitative estimate of drug-likeness (QED) is 0.886. The Labute approximate surface area is 110 Å². The third kappa shape index (κ3) is 2.77. The van der Waals surface area contributed by atoms with E-state index in [9.17, 15) is 0 Å². The maximum Gasteiger partial charge on any atom is 0.0948 e. The van der Waals surface area contributed by atoms with Crippen LogP contribution in [0.5, 0.6) is 0 Å². The van der Waals surface area contributed by atoms with E-state index in [2.05, 4.69) is 21.1 Å². The van der Waals surface area contributed by atoms with Gasteiger partial charge in [-0.1, -0.05) is 19.3 Å². The fourth-order valence-corrected chi connectivity index (χ4v) is 3.54. The fourth-order valence-electron chi connectivity index (χ4n) is 3.54. The van der Waals surface area contributed by atoms with Gasteiger partial charge in [0.1, 0.15) is 0 Å². The largest absolute Gasteiger partial charge is 0.334 e. The normalized spacial score (nSPS) is 25.7. The topological polar surface area (TPSA) is 29.9 Å². The Bertz CT molecular complexity index is 360. The average molecular weight is 247 g/mol. The third-order valence-electron chi connectivity index (χ3n) is 4.71. The lowest BCUT2D eigenvalue weighted by molar-refractivity contribution is 0.410. The third-order valence-corrected chi connectivity index (χ3v) is 4.71. The molecular weight excluding hydrogens is 222 g/mol. The lowest BCUT2D eigenvalue weighted by atomic mass is 9.87. The Hall–Kier alpha value is -0.830. The van der Waals surface area contributed by atoms with Crippen LogP contribution in [-0.4, -0.2) is 22.6 Å². The van der Waals surface area contributed by atoms with Gasteiger partial charge in [-0.05, 0) is 44.7 Å². The molecule has 1 N–H and O–H groups in total. The van der Waals surface area contributed by atoms with Gasteiger partial charge in [-0.15, -0.1) is 0 Å². The van der Waals surface area contributed by atoms with Crippen LogP contribution in [0.25, 0.3) is 0 Å². The van der Waals surface area contributed by atoms with Crippen molar-refractivity contribution in [3.63, 3.8) is 0 Å². The van der Waals surface area contributed by atoms with E-state index in [1.54, 1.807) is 0 Å². The minimum atomic E-state index is 0.781. The van der Waals surface area contributed by atoms with Gasteiger partial charge in [0.05, 0.1) is 6.33 Å². The Morgan fingerprint density at radius 1 is 1.22 bits per heavy atom. The Morgan fingerprint density at radius 2 is 2.11 bits per heavy atom. The van der Waals surface area contributed by atoms with Crippen LogP contribution in [0.15, 0.2) is 12.5 Å². The minimum absolute atomic E-state index is 0.781. The van der Waals surface area contributed by atoms with E-state index in [0.717, 1.165) is 18.4 Å². The van der Waals surface area contributed by atoms with Gasteiger partial charge in [-0.3, -0.25) is 0 Å². The van der Waals surface area contributed by atoms with Gasteiger partial charge in [0.15, 0.2) is 0 Å². The Morgan fingerprint density at radius 3 is 2.89 bits per heavy atom. The Balaban J connectivity index is 1.59. The molecule has 1 unspecified atom stereocenters. The smallest absolute Gasteiger partial charge is 0.0948 e. The van der Waals surface area contributed by atoms with E-state index in [0.29, 0.717) is 0 Å². The maximum absolute atomic E-state index is 4.39. The molecule has 1 aliphatic carbocycles. The molecule has 18 heavy (non-hydrogen) atoms. The number of hydrogen-bond donors (Lipinski definition) is 1. The van der Waals surface area contributed by atoms with Crippen molar-refractivity contribution in [2.45, 2.75) is 57.4 Å². The molecule has 2 fully saturated rings. The highest BCUT2D eigenvalue weighted by Crippen LogP contribution is 2.32. The van der Waals surface area contributed by atoms with Crippen LogP contribution >= 0.6 is 0 Å². The van der Waals surface area contributed by atoms with Crippen LogP contribution in [0.2, 0.25) is 0 Å². The zero-order chi connectivity index (χ0) is 12.2. The summed E-state index contributed by atoms with van der Waals surface area (Å²) in [6.45, 7) is 3.59. The molecule has 0 aromatic carbocycles. The van der Waals surface area contributed by atoms with Crippen LogP contribution in [0.1, 0.15) is 56.6 Å². The summed E-state index contributed by atoms with van der Waals surface area (Å²) in [6.07, 6.45) is 13.8. The molecule has 3 rings (SSSR count). The van der Waals surface area contributed by atoms with Gasteiger partial charge in [0, 0.05) is 24.4 Å². The molecule has 0 spiro atoms. The predicted octanol–water partition coefficient (Wildman–Crippen LogP) is 2.93. The second-order valence-corrected chi connectivity index (χ2v) is 5.99. The van der Waals surface area contributed by atoms with Crippen molar-refractivity contribution in [1.29, 1.82) is 0 Å². The first-order valence-corrected chi connectivity index (χ1v) is 7.64. The van der Waals surface area contributed by atoms with E-state index in [1.807, 2.05) is 6.33 Å². The van der Waals surface area contributed by atoms with Crippen molar-refractivity contribution < 1.29 is 0 Å². The van der Waals surface area contributed by atoms with Gasteiger partial charge in [0.2, 0.25) is 0 Å². The lowest BCUT2D eigenvalue weighted by Crippen LogP contribution is -2.14. The number of nitrogens with zero attached hydrogens (tertiary/aromatic N) is 2. The van der Waals surface area contributed by atoms with Crippen LogP contribution in [0, 0.1) is 5.92 Å². The molecule has 3 heteroatoms. The first kappa shape index (κ1) is 12.2. The number of hydrogen-bond acceptors (Lipinski definition) is 2. The van der Waals surface area contributed by atoms with Gasteiger partial charge in [-0.25, -0.2) is 4.98 Å². The number of rotatable bonds is 4. The average Bonchev–Trinajstić information content (AvgIpc) is 3.09. The van der Waals surface area contributed by atoms with Gasteiger partial charge in [-0.2, -0.15) is 0 Å². The molecule has 1 aliphatic heterocycles. The summed E-state index contributed by atoms with van der Waals surface area (Å²) < 4.78 is 2.42. The van der Waals surface area contributed by atoms with E-state index in [-0.39, 0.29) is 0 Å².